The average Bonchev–Trinajstić information content (AvgIpc) is 2.53. The summed E-state index contributed by atoms with van der Waals surface area (Å²) in [5, 5.41) is 13.7. The highest BCUT2D eigenvalue weighted by molar-refractivity contribution is 6.09. The van der Waals surface area contributed by atoms with Crippen LogP contribution in [-0.4, -0.2) is 43.0 Å². The Morgan fingerprint density at radius 2 is 2.08 bits per heavy atom. The van der Waals surface area contributed by atoms with E-state index >= 15 is 0 Å². The Morgan fingerprint density at radius 3 is 2.75 bits per heavy atom. The minimum atomic E-state index is -0.352. The molecule has 4 nitrogen and oxygen atoms in total. The Bertz CT molecular complexity index is 690. The van der Waals surface area contributed by atoms with E-state index in [4.69, 9.17) is 4.84 Å². The summed E-state index contributed by atoms with van der Waals surface area (Å²) in [5.74, 6) is -0.116. The summed E-state index contributed by atoms with van der Waals surface area (Å²) >= 11 is 0. The van der Waals surface area contributed by atoms with Crippen LogP contribution in [0, 0.1) is 11.7 Å². The number of halogens is 1. The zero-order valence-electron chi connectivity index (χ0n) is 14.2. The number of nitrogens with zero attached hydrogens (tertiary/aromatic N) is 2. The molecule has 0 amide bonds. The maximum Gasteiger partial charge on any atom is 0.132 e. The molecule has 2 rings (SSSR count). The van der Waals surface area contributed by atoms with E-state index in [-0.39, 0.29) is 17.5 Å². The van der Waals surface area contributed by atoms with E-state index in [1.807, 2.05) is 25.9 Å². The van der Waals surface area contributed by atoms with Gasteiger partial charge in [0.2, 0.25) is 0 Å². The number of aliphatic hydroxyl groups is 1. The van der Waals surface area contributed by atoms with Crippen LogP contribution in [0.3, 0.4) is 0 Å². The lowest BCUT2D eigenvalue weighted by atomic mass is 9.93. The molecule has 0 fully saturated rings. The van der Waals surface area contributed by atoms with Gasteiger partial charge in [-0.05, 0) is 50.0 Å². The summed E-state index contributed by atoms with van der Waals surface area (Å²) in [5.41, 5.74) is 1.73. The lowest BCUT2D eigenvalue weighted by Gasteiger charge is -2.14. The Kier molecular flexibility index (Phi) is 6.32. The van der Waals surface area contributed by atoms with Crippen molar-refractivity contribution in [3.8, 4) is 0 Å². The molecule has 1 aromatic rings. The quantitative estimate of drug-likeness (QED) is 0.492. The van der Waals surface area contributed by atoms with Gasteiger partial charge in [0.15, 0.2) is 0 Å². The minimum Gasteiger partial charge on any atom is -0.508 e. The number of benzene rings is 1. The smallest absolute Gasteiger partial charge is 0.132 e. The summed E-state index contributed by atoms with van der Waals surface area (Å²) in [4.78, 5) is 7.34. The van der Waals surface area contributed by atoms with Crippen LogP contribution in [-0.2, 0) is 4.84 Å². The molecule has 1 aromatic carbocycles. The van der Waals surface area contributed by atoms with Crippen LogP contribution in [0.4, 0.5) is 4.39 Å². The van der Waals surface area contributed by atoms with Crippen molar-refractivity contribution in [2.75, 3.05) is 27.2 Å². The molecule has 0 spiro atoms. The van der Waals surface area contributed by atoms with E-state index < -0.39 is 0 Å². The summed E-state index contributed by atoms with van der Waals surface area (Å²) < 4.78 is 14.1. The Hall–Kier alpha value is -2.40. The van der Waals surface area contributed by atoms with Gasteiger partial charge >= 0.3 is 0 Å². The molecule has 0 heterocycles. The number of oxime groups is 1. The number of hydrogen-bond donors (Lipinski definition) is 1. The van der Waals surface area contributed by atoms with Gasteiger partial charge < -0.3 is 14.8 Å². The molecule has 24 heavy (non-hydrogen) atoms. The van der Waals surface area contributed by atoms with E-state index in [0.29, 0.717) is 17.9 Å². The van der Waals surface area contributed by atoms with Crippen molar-refractivity contribution in [3.05, 3.63) is 71.3 Å². The second kappa shape index (κ2) is 8.45. The van der Waals surface area contributed by atoms with Crippen molar-refractivity contribution in [2.24, 2.45) is 11.1 Å². The highest BCUT2D eigenvalue weighted by atomic mass is 19.1. The van der Waals surface area contributed by atoms with Gasteiger partial charge in [-0.1, -0.05) is 30.3 Å². The zero-order valence-corrected chi connectivity index (χ0v) is 14.2. The van der Waals surface area contributed by atoms with Crippen LogP contribution in [0.15, 0.2) is 65.1 Å². The van der Waals surface area contributed by atoms with E-state index in [1.165, 1.54) is 6.07 Å². The molecule has 128 valence electrons. The number of rotatable bonds is 6. The van der Waals surface area contributed by atoms with Gasteiger partial charge in [0.1, 0.15) is 23.9 Å². The van der Waals surface area contributed by atoms with Crippen molar-refractivity contribution in [2.45, 2.75) is 6.92 Å². The van der Waals surface area contributed by atoms with E-state index in [0.717, 1.165) is 12.1 Å². The molecule has 0 radical (unpaired) electrons. The van der Waals surface area contributed by atoms with Crippen LogP contribution in [0.5, 0.6) is 0 Å². The fourth-order valence-electron chi connectivity index (χ4n) is 2.24. The molecule has 5 heteroatoms. The molecule has 0 aromatic heterocycles. The second-order valence-corrected chi connectivity index (χ2v) is 5.95. The van der Waals surface area contributed by atoms with Gasteiger partial charge in [-0.2, -0.15) is 0 Å². The first-order chi connectivity index (χ1) is 11.5. The van der Waals surface area contributed by atoms with Gasteiger partial charge in [0, 0.05) is 18.0 Å². The summed E-state index contributed by atoms with van der Waals surface area (Å²) in [6.45, 7) is 3.09. The fraction of sp³-hybridized carbons (Fsp3) is 0.316. The third-order valence-corrected chi connectivity index (χ3v) is 3.64. The molecular weight excluding hydrogens is 307 g/mol. The normalized spacial score (nSPS) is 19.7. The third-order valence-electron chi connectivity index (χ3n) is 3.64. The largest absolute Gasteiger partial charge is 0.508 e. The molecule has 0 saturated heterocycles. The summed E-state index contributed by atoms with van der Waals surface area (Å²) in [6, 6.07) is 6.47. The molecule has 1 aliphatic carbocycles. The van der Waals surface area contributed by atoms with Crippen LogP contribution in [0.1, 0.15) is 12.5 Å². The topological polar surface area (TPSA) is 45.1 Å². The first kappa shape index (κ1) is 17.9. The highest BCUT2D eigenvalue weighted by Crippen LogP contribution is 2.22. The van der Waals surface area contributed by atoms with E-state index in [1.54, 1.807) is 42.5 Å². The average molecular weight is 330 g/mol. The molecular formula is C19H23FN2O2. The SMILES string of the molecule is CC1C=C(O)C=CC1=C/C(=N/OCCN(C)C)c1ccccc1F. The van der Waals surface area contributed by atoms with Crippen LogP contribution >= 0.6 is 0 Å². The van der Waals surface area contributed by atoms with E-state index in [9.17, 15) is 9.50 Å². The molecule has 0 aliphatic heterocycles. The van der Waals surface area contributed by atoms with Gasteiger partial charge in [0.05, 0.1) is 0 Å². The Balaban J connectivity index is 2.28. The summed E-state index contributed by atoms with van der Waals surface area (Å²) in [7, 11) is 3.89. The molecule has 1 aliphatic rings. The standard InChI is InChI=1S/C19H23FN2O2/c1-14-12-16(23)9-8-15(14)13-19(21-24-11-10-22(2)3)17-6-4-5-7-18(17)20/h4-9,12-14,23H,10-11H2,1-3H3/b15-13?,21-19-. The van der Waals surface area contributed by atoms with Crippen molar-refractivity contribution in [1.82, 2.24) is 4.90 Å². The minimum absolute atomic E-state index is 0.00810. The molecule has 1 N–H and O–H groups in total. The van der Waals surface area contributed by atoms with Crippen molar-refractivity contribution in [1.29, 1.82) is 0 Å². The van der Waals surface area contributed by atoms with Crippen molar-refractivity contribution in [3.63, 3.8) is 0 Å². The lowest BCUT2D eigenvalue weighted by molar-refractivity contribution is 0.126. The Labute approximate surface area is 142 Å². The maximum atomic E-state index is 14.1. The van der Waals surface area contributed by atoms with Gasteiger partial charge in [-0.3, -0.25) is 0 Å². The number of likely N-dealkylation sites (N-methyl/N-ethyl adjacent to an activating group) is 1. The van der Waals surface area contributed by atoms with E-state index in [2.05, 4.69) is 5.16 Å². The van der Waals surface area contributed by atoms with Crippen LogP contribution < -0.4 is 0 Å². The molecule has 1 atom stereocenters. The predicted molar refractivity (Wildman–Crippen MR) is 94.5 cm³/mol. The maximum absolute atomic E-state index is 14.1. The number of allylic oxidation sites excluding steroid dienone is 5. The van der Waals surface area contributed by atoms with Crippen LogP contribution in [0.25, 0.3) is 0 Å². The van der Waals surface area contributed by atoms with Gasteiger partial charge in [-0.15, -0.1) is 0 Å². The molecule has 1 unspecified atom stereocenters. The molecule has 0 saturated carbocycles. The Morgan fingerprint density at radius 1 is 1.33 bits per heavy atom. The van der Waals surface area contributed by atoms with Crippen LogP contribution in [0.2, 0.25) is 0 Å². The fourth-order valence-corrected chi connectivity index (χ4v) is 2.24. The number of hydrogen-bond acceptors (Lipinski definition) is 4. The lowest BCUT2D eigenvalue weighted by Crippen LogP contribution is -2.17. The molecule has 0 bridgehead atoms. The van der Waals surface area contributed by atoms with Crippen molar-refractivity contribution < 1.29 is 14.3 Å². The zero-order chi connectivity index (χ0) is 17.5. The number of aliphatic hydroxyl groups excluding tert-OH is 1. The highest BCUT2D eigenvalue weighted by Gasteiger charge is 2.13. The third kappa shape index (κ3) is 5.06. The predicted octanol–water partition coefficient (Wildman–Crippen LogP) is 3.68. The van der Waals surface area contributed by atoms with Gasteiger partial charge in [0.25, 0.3) is 0 Å². The second-order valence-electron chi connectivity index (χ2n) is 5.95. The first-order valence-corrected chi connectivity index (χ1v) is 7.87. The van der Waals surface area contributed by atoms with Crippen molar-refractivity contribution >= 4 is 5.71 Å². The summed E-state index contributed by atoms with van der Waals surface area (Å²) in [6.07, 6.45) is 6.93. The van der Waals surface area contributed by atoms with Gasteiger partial charge in [-0.25, -0.2) is 4.39 Å². The monoisotopic (exact) mass is 330 g/mol. The first-order valence-electron chi connectivity index (χ1n) is 7.87.